The second-order valence-electron chi connectivity index (χ2n) is 3.17. The van der Waals surface area contributed by atoms with Gasteiger partial charge in [0.15, 0.2) is 11.5 Å². The molecule has 0 spiro atoms. The van der Waals surface area contributed by atoms with Crippen LogP contribution in [0.2, 0.25) is 0 Å². The molecule has 84 valence electrons. The van der Waals surface area contributed by atoms with E-state index in [2.05, 4.69) is 21.3 Å². The number of benzene rings is 1. The van der Waals surface area contributed by atoms with Crippen molar-refractivity contribution in [1.29, 1.82) is 0 Å². The van der Waals surface area contributed by atoms with Crippen molar-refractivity contribution in [3.63, 3.8) is 0 Å². The van der Waals surface area contributed by atoms with Gasteiger partial charge in [-0.2, -0.15) is 0 Å². The fourth-order valence-corrected chi connectivity index (χ4v) is 1.26. The Morgan fingerprint density at radius 3 is 2.75 bits per heavy atom. The van der Waals surface area contributed by atoms with Gasteiger partial charge in [0.05, 0.1) is 0 Å². The molecule has 0 radical (unpaired) electrons. The zero-order valence-corrected chi connectivity index (χ0v) is 8.30. The van der Waals surface area contributed by atoms with Crippen LogP contribution in [0.1, 0.15) is 12.0 Å². The highest BCUT2D eigenvalue weighted by Gasteiger charge is 2.43. The first-order chi connectivity index (χ1) is 7.61. The van der Waals surface area contributed by atoms with Crippen LogP contribution in [0.3, 0.4) is 0 Å². The summed E-state index contributed by atoms with van der Waals surface area (Å²) in [5.41, 5.74) is 5.86. The van der Waals surface area contributed by atoms with Gasteiger partial charge < -0.3 is 15.2 Å². The Hall–Kier alpha value is -1.80. The third-order valence-electron chi connectivity index (χ3n) is 1.90. The molecule has 16 heavy (non-hydrogen) atoms. The molecule has 0 atom stereocenters. The predicted octanol–water partition coefficient (Wildman–Crippen LogP) is 1.71. The van der Waals surface area contributed by atoms with E-state index in [0.29, 0.717) is 18.5 Å². The lowest BCUT2D eigenvalue weighted by atomic mass is 10.2. The maximum Gasteiger partial charge on any atom is 0.586 e. The Labute approximate surface area is 91.1 Å². The SMILES string of the molecule is NCCC#Cc1ccc2c(c1)OC(F)(F)O2. The van der Waals surface area contributed by atoms with Gasteiger partial charge in [-0.05, 0) is 12.1 Å². The van der Waals surface area contributed by atoms with Gasteiger partial charge >= 0.3 is 6.29 Å². The Morgan fingerprint density at radius 2 is 2.00 bits per heavy atom. The normalized spacial score (nSPS) is 15.4. The average Bonchev–Trinajstić information content (AvgIpc) is 2.51. The molecule has 3 nitrogen and oxygen atoms in total. The van der Waals surface area contributed by atoms with Crippen LogP contribution < -0.4 is 15.2 Å². The Morgan fingerprint density at radius 1 is 1.25 bits per heavy atom. The topological polar surface area (TPSA) is 44.5 Å². The van der Waals surface area contributed by atoms with E-state index in [0.717, 1.165) is 0 Å². The van der Waals surface area contributed by atoms with Gasteiger partial charge in [0.25, 0.3) is 0 Å². The van der Waals surface area contributed by atoms with Crippen LogP contribution >= 0.6 is 0 Å². The smallest absolute Gasteiger partial charge is 0.395 e. The molecule has 1 aliphatic heterocycles. The molecule has 0 bridgehead atoms. The Bertz CT molecular complexity index is 463. The van der Waals surface area contributed by atoms with E-state index in [1.54, 1.807) is 6.07 Å². The van der Waals surface area contributed by atoms with Crippen LogP contribution in [0.15, 0.2) is 18.2 Å². The summed E-state index contributed by atoms with van der Waals surface area (Å²) in [7, 11) is 0. The average molecular weight is 225 g/mol. The first-order valence-electron chi connectivity index (χ1n) is 4.69. The highest BCUT2D eigenvalue weighted by Crippen LogP contribution is 2.40. The van der Waals surface area contributed by atoms with Crippen molar-refractivity contribution in [2.45, 2.75) is 12.7 Å². The van der Waals surface area contributed by atoms with E-state index in [-0.39, 0.29) is 11.5 Å². The number of alkyl halides is 2. The lowest BCUT2D eigenvalue weighted by Gasteiger charge is -2.04. The second-order valence-corrected chi connectivity index (χ2v) is 3.17. The highest BCUT2D eigenvalue weighted by atomic mass is 19.3. The van der Waals surface area contributed by atoms with E-state index in [1.165, 1.54) is 12.1 Å². The van der Waals surface area contributed by atoms with Crippen LogP contribution in [-0.2, 0) is 0 Å². The molecule has 0 saturated heterocycles. The van der Waals surface area contributed by atoms with Crippen LogP contribution in [0.25, 0.3) is 0 Å². The maximum atomic E-state index is 12.7. The zero-order valence-electron chi connectivity index (χ0n) is 8.30. The number of hydrogen-bond acceptors (Lipinski definition) is 3. The highest BCUT2D eigenvalue weighted by molar-refractivity contribution is 5.49. The quantitative estimate of drug-likeness (QED) is 0.740. The molecule has 0 unspecified atom stereocenters. The monoisotopic (exact) mass is 225 g/mol. The molecule has 0 aliphatic carbocycles. The summed E-state index contributed by atoms with van der Waals surface area (Å²) in [6.07, 6.45) is -3.02. The van der Waals surface area contributed by atoms with Crippen LogP contribution in [-0.4, -0.2) is 12.8 Å². The summed E-state index contributed by atoms with van der Waals surface area (Å²) >= 11 is 0. The second kappa shape index (κ2) is 3.99. The lowest BCUT2D eigenvalue weighted by molar-refractivity contribution is -0.286. The van der Waals surface area contributed by atoms with Gasteiger partial charge in [0.2, 0.25) is 0 Å². The van der Waals surface area contributed by atoms with Crippen molar-refractivity contribution in [2.24, 2.45) is 5.73 Å². The molecular weight excluding hydrogens is 216 g/mol. The first kappa shape index (κ1) is 10.7. The number of rotatable bonds is 1. The fraction of sp³-hybridized carbons (Fsp3) is 0.273. The zero-order chi connectivity index (χ0) is 11.6. The summed E-state index contributed by atoms with van der Waals surface area (Å²) < 4.78 is 33.9. The Kier molecular flexibility index (Phi) is 2.67. The minimum Gasteiger partial charge on any atom is -0.395 e. The maximum absolute atomic E-state index is 12.7. The molecule has 0 amide bonds. The minimum atomic E-state index is -3.58. The van der Waals surface area contributed by atoms with Crippen molar-refractivity contribution < 1.29 is 18.3 Å². The fourth-order valence-electron chi connectivity index (χ4n) is 1.26. The molecule has 1 aromatic carbocycles. The summed E-state index contributed by atoms with van der Waals surface area (Å²) in [4.78, 5) is 0. The molecule has 2 rings (SSSR count). The van der Waals surface area contributed by atoms with E-state index >= 15 is 0 Å². The van der Waals surface area contributed by atoms with Gasteiger partial charge in [0, 0.05) is 24.6 Å². The molecule has 5 heteroatoms. The number of fused-ring (bicyclic) bond motifs is 1. The van der Waals surface area contributed by atoms with Crippen molar-refractivity contribution in [2.75, 3.05) is 6.54 Å². The molecule has 2 N–H and O–H groups in total. The van der Waals surface area contributed by atoms with E-state index in [9.17, 15) is 8.78 Å². The van der Waals surface area contributed by atoms with Gasteiger partial charge in [-0.1, -0.05) is 11.8 Å². The standard InChI is InChI=1S/C11H9F2NO2/c12-11(13)15-9-5-4-8(3-1-2-6-14)7-10(9)16-11/h4-5,7H,2,6,14H2. The van der Waals surface area contributed by atoms with Gasteiger partial charge in [0.1, 0.15) is 0 Å². The van der Waals surface area contributed by atoms with E-state index in [1.807, 2.05) is 0 Å². The van der Waals surface area contributed by atoms with Crippen molar-refractivity contribution >= 4 is 0 Å². The molecular formula is C11H9F2NO2. The molecule has 0 fully saturated rings. The Balaban J connectivity index is 2.20. The third kappa shape index (κ3) is 2.23. The summed E-state index contributed by atoms with van der Waals surface area (Å²) in [5, 5.41) is 0. The number of halogens is 2. The molecule has 1 heterocycles. The van der Waals surface area contributed by atoms with Gasteiger partial charge in [-0.3, -0.25) is 0 Å². The molecule has 1 aromatic rings. The number of ether oxygens (including phenoxy) is 2. The number of hydrogen-bond donors (Lipinski definition) is 1. The van der Waals surface area contributed by atoms with Crippen LogP contribution in [0.4, 0.5) is 8.78 Å². The first-order valence-corrected chi connectivity index (χ1v) is 4.69. The largest absolute Gasteiger partial charge is 0.586 e. The van der Waals surface area contributed by atoms with E-state index < -0.39 is 6.29 Å². The van der Waals surface area contributed by atoms with Crippen LogP contribution in [0.5, 0.6) is 11.5 Å². The predicted molar refractivity (Wildman–Crippen MR) is 53.2 cm³/mol. The van der Waals surface area contributed by atoms with Crippen molar-refractivity contribution in [1.82, 2.24) is 0 Å². The summed E-state index contributed by atoms with van der Waals surface area (Å²) in [5.74, 6) is 5.62. The summed E-state index contributed by atoms with van der Waals surface area (Å²) in [6.45, 7) is 0.468. The van der Waals surface area contributed by atoms with Crippen molar-refractivity contribution in [3.05, 3.63) is 23.8 Å². The lowest BCUT2D eigenvalue weighted by Crippen LogP contribution is -2.25. The van der Waals surface area contributed by atoms with Gasteiger partial charge in [-0.15, -0.1) is 8.78 Å². The third-order valence-corrected chi connectivity index (χ3v) is 1.90. The number of nitrogens with two attached hydrogens (primary N) is 1. The minimum absolute atomic E-state index is 0.00421. The molecule has 0 aromatic heterocycles. The van der Waals surface area contributed by atoms with Gasteiger partial charge in [-0.25, -0.2) is 0 Å². The summed E-state index contributed by atoms with van der Waals surface area (Å²) in [6, 6.07) is 4.41. The van der Waals surface area contributed by atoms with Crippen LogP contribution in [0, 0.1) is 11.8 Å². The molecule has 0 saturated carbocycles. The molecule has 1 aliphatic rings. The van der Waals surface area contributed by atoms with E-state index in [4.69, 9.17) is 5.73 Å². The van der Waals surface area contributed by atoms with Crippen molar-refractivity contribution in [3.8, 4) is 23.3 Å².